The summed E-state index contributed by atoms with van der Waals surface area (Å²) in [5.41, 5.74) is 0.867. The molecular formula is C23H26F2N4O2S2. The molecule has 0 radical (unpaired) electrons. The van der Waals surface area contributed by atoms with Crippen LogP contribution in [0.15, 0.2) is 28.2 Å². The zero-order valence-electron chi connectivity index (χ0n) is 18.6. The van der Waals surface area contributed by atoms with E-state index in [1.54, 1.807) is 15.9 Å². The molecule has 3 aromatic rings. The van der Waals surface area contributed by atoms with E-state index in [9.17, 15) is 18.4 Å². The van der Waals surface area contributed by atoms with E-state index >= 15 is 0 Å². The number of halogens is 2. The summed E-state index contributed by atoms with van der Waals surface area (Å²) >= 11 is 2.70. The molecule has 1 aliphatic rings. The van der Waals surface area contributed by atoms with Crippen LogP contribution in [0.5, 0.6) is 0 Å². The number of hydrogen-bond acceptors (Lipinski definition) is 6. The van der Waals surface area contributed by atoms with Crippen LogP contribution in [0.1, 0.15) is 29.7 Å². The maximum atomic E-state index is 13.9. The molecule has 6 nitrogen and oxygen atoms in total. The lowest BCUT2D eigenvalue weighted by atomic mass is 9.97. The van der Waals surface area contributed by atoms with Gasteiger partial charge in [-0.2, -0.15) is 0 Å². The molecule has 0 atom stereocenters. The minimum atomic E-state index is -0.709. The second-order valence-corrected chi connectivity index (χ2v) is 10.4. The van der Waals surface area contributed by atoms with E-state index in [2.05, 4.69) is 10.2 Å². The number of anilines is 1. The molecule has 33 heavy (non-hydrogen) atoms. The van der Waals surface area contributed by atoms with E-state index in [0.29, 0.717) is 11.7 Å². The number of aryl methyl sites for hydroxylation is 2. The average Bonchev–Trinajstić information content (AvgIpc) is 3.15. The maximum absolute atomic E-state index is 13.9. The van der Waals surface area contributed by atoms with Crippen LogP contribution < -0.4 is 10.9 Å². The predicted molar refractivity (Wildman–Crippen MR) is 129 cm³/mol. The summed E-state index contributed by atoms with van der Waals surface area (Å²) in [6, 6.07) is 2.90. The number of fused-ring (bicyclic) bond motifs is 3. The third kappa shape index (κ3) is 5.44. The number of amides is 1. The van der Waals surface area contributed by atoms with Crippen molar-refractivity contribution in [2.45, 2.75) is 43.8 Å². The number of aromatic nitrogens is 2. The van der Waals surface area contributed by atoms with Gasteiger partial charge in [-0.3, -0.25) is 14.2 Å². The SMILES string of the molecule is CN(C)CCCn1c(SCC(=O)Nc2cc(F)ccc2F)nc2sc3c(c2c1=O)CCCC3. The van der Waals surface area contributed by atoms with Crippen LogP contribution in [-0.4, -0.2) is 46.8 Å². The van der Waals surface area contributed by atoms with Gasteiger partial charge in [0.1, 0.15) is 16.5 Å². The fraction of sp³-hybridized carbons (Fsp3) is 0.435. The van der Waals surface area contributed by atoms with Crippen molar-refractivity contribution in [1.29, 1.82) is 0 Å². The molecular weight excluding hydrogens is 466 g/mol. The van der Waals surface area contributed by atoms with Gasteiger partial charge in [-0.25, -0.2) is 13.8 Å². The van der Waals surface area contributed by atoms with E-state index in [0.717, 1.165) is 84.4 Å². The lowest BCUT2D eigenvalue weighted by molar-refractivity contribution is -0.113. The molecule has 0 saturated carbocycles. The van der Waals surface area contributed by atoms with Gasteiger partial charge in [-0.05, 0) is 70.4 Å². The molecule has 0 saturated heterocycles. The Morgan fingerprint density at radius 1 is 1.27 bits per heavy atom. The lowest BCUT2D eigenvalue weighted by Gasteiger charge is -2.15. The molecule has 0 unspecified atom stereocenters. The van der Waals surface area contributed by atoms with Crippen LogP contribution in [-0.2, 0) is 24.2 Å². The van der Waals surface area contributed by atoms with Gasteiger partial charge in [0.15, 0.2) is 5.16 Å². The molecule has 1 aromatic carbocycles. The molecule has 1 amide bonds. The van der Waals surface area contributed by atoms with E-state index in [1.165, 1.54) is 4.88 Å². The molecule has 0 fully saturated rings. The van der Waals surface area contributed by atoms with E-state index < -0.39 is 17.5 Å². The second-order valence-electron chi connectivity index (χ2n) is 8.36. The molecule has 176 valence electrons. The Labute approximate surface area is 199 Å². The first-order chi connectivity index (χ1) is 15.8. The molecule has 1 aliphatic carbocycles. The molecule has 10 heteroatoms. The van der Waals surface area contributed by atoms with Crippen molar-refractivity contribution in [2.75, 3.05) is 31.7 Å². The number of rotatable bonds is 8. The highest BCUT2D eigenvalue weighted by molar-refractivity contribution is 7.99. The number of hydrogen-bond donors (Lipinski definition) is 1. The fourth-order valence-electron chi connectivity index (χ4n) is 3.98. The standard InChI is InChI=1S/C23H26F2N4O2S2/c1-28(2)10-5-11-29-22(31)20-15-6-3-4-7-18(15)33-21(20)27-23(29)32-13-19(30)26-17-12-14(24)8-9-16(17)25/h8-9,12H,3-7,10-11,13H2,1-2H3,(H,26,30). The van der Waals surface area contributed by atoms with Crippen LogP contribution in [0.3, 0.4) is 0 Å². The topological polar surface area (TPSA) is 67.2 Å². The Morgan fingerprint density at radius 2 is 2.06 bits per heavy atom. The van der Waals surface area contributed by atoms with Gasteiger partial charge in [-0.15, -0.1) is 11.3 Å². The van der Waals surface area contributed by atoms with Gasteiger partial charge in [0.05, 0.1) is 16.8 Å². The van der Waals surface area contributed by atoms with Crippen molar-refractivity contribution in [3.05, 3.63) is 50.6 Å². The summed E-state index contributed by atoms with van der Waals surface area (Å²) in [7, 11) is 3.95. The first kappa shape index (κ1) is 23.8. The second kappa shape index (κ2) is 10.3. The molecule has 0 aliphatic heterocycles. The largest absolute Gasteiger partial charge is 0.323 e. The summed E-state index contributed by atoms with van der Waals surface area (Å²) in [6.07, 6.45) is 4.83. The van der Waals surface area contributed by atoms with Gasteiger partial charge < -0.3 is 10.2 Å². The third-order valence-corrected chi connectivity index (χ3v) is 7.72. The summed E-state index contributed by atoms with van der Waals surface area (Å²) < 4.78 is 28.9. The Kier molecular flexibility index (Phi) is 7.45. The van der Waals surface area contributed by atoms with Crippen LogP contribution in [0.2, 0.25) is 0 Å². The number of nitrogens with zero attached hydrogens (tertiary/aromatic N) is 3. The van der Waals surface area contributed by atoms with Crippen molar-refractivity contribution in [3.8, 4) is 0 Å². The Morgan fingerprint density at radius 3 is 2.85 bits per heavy atom. The first-order valence-electron chi connectivity index (χ1n) is 10.9. The van der Waals surface area contributed by atoms with Crippen molar-refractivity contribution in [1.82, 2.24) is 14.5 Å². The third-order valence-electron chi connectivity index (χ3n) is 5.56. The number of benzene rings is 1. The van der Waals surface area contributed by atoms with E-state index in [4.69, 9.17) is 4.98 Å². The van der Waals surface area contributed by atoms with Crippen molar-refractivity contribution in [2.24, 2.45) is 0 Å². The first-order valence-corrected chi connectivity index (χ1v) is 12.7. The van der Waals surface area contributed by atoms with Crippen LogP contribution >= 0.6 is 23.1 Å². The molecule has 1 N–H and O–H groups in total. The van der Waals surface area contributed by atoms with E-state index in [1.807, 2.05) is 14.1 Å². The number of thioether (sulfide) groups is 1. The van der Waals surface area contributed by atoms with Crippen LogP contribution in [0.25, 0.3) is 10.2 Å². The highest BCUT2D eigenvalue weighted by atomic mass is 32.2. The van der Waals surface area contributed by atoms with Gasteiger partial charge in [-0.1, -0.05) is 11.8 Å². The number of carbonyl (C=O) groups excluding carboxylic acids is 1. The maximum Gasteiger partial charge on any atom is 0.263 e. The quantitative estimate of drug-likeness (QED) is 0.375. The summed E-state index contributed by atoms with van der Waals surface area (Å²) in [6.45, 7) is 1.31. The Balaban J connectivity index is 1.60. The number of nitrogens with one attached hydrogen (secondary N) is 1. The van der Waals surface area contributed by atoms with Crippen molar-refractivity contribution in [3.63, 3.8) is 0 Å². The van der Waals surface area contributed by atoms with Gasteiger partial charge >= 0.3 is 0 Å². The normalized spacial score (nSPS) is 13.5. The van der Waals surface area contributed by atoms with Gasteiger partial charge in [0.25, 0.3) is 5.56 Å². The zero-order chi connectivity index (χ0) is 23.5. The molecule has 0 spiro atoms. The number of carbonyl (C=O) groups is 1. The van der Waals surface area contributed by atoms with Gasteiger partial charge in [0.2, 0.25) is 5.91 Å². The smallest absolute Gasteiger partial charge is 0.263 e. The Bertz CT molecular complexity index is 1240. The highest BCUT2D eigenvalue weighted by Gasteiger charge is 2.22. The average molecular weight is 493 g/mol. The van der Waals surface area contributed by atoms with Crippen molar-refractivity contribution >= 4 is 44.9 Å². The summed E-state index contributed by atoms with van der Waals surface area (Å²) in [5, 5.41) is 3.59. The lowest BCUT2D eigenvalue weighted by Crippen LogP contribution is -2.26. The molecule has 2 aromatic heterocycles. The minimum Gasteiger partial charge on any atom is -0.323 e. The minimum absolute atomic E-state index is 0.0581. The Hall–Kier alpha value is -2.30. The van der Waals surface area contributed by atoms with Crippen LogP contribution in [0.4, 0.5) is 14.5 Å². The number of thiophene rings is 1. The zero-order valence-corrected chi connectivity index (χ0v) is 20.3. The fourth-order valence-corrected chi connectivity index (χ4v) is 6.11. The predicted octanol–water partition coefficient (Wildman–Crippen LogP) is 4.30. The van der Waals surface area contributed by atoms with Gasteiger partial charge in [0, 0.05) is 17.5 Å². The molecule has 2 heterocycles. The summed E-state index contributed by atoms with van der Waals surface area (Å²) in [4.78, 5) is 34.7. The molecule has 0 bridgehead atoms. The van der Waals surface area contributed by atoms with Crippen LogP contribution in [0, 0.1) is 11.6 Å². The van der Waals surface area contributed by atoms with E-state index in [-0.39, 0.29) is 17.0 Å². The van der Waals surface area contributed by atoms with Crippen molar-refractivity contribution < 1.29 is 13.6 Å². The molecule has 4 rings (SSSR count). The summed E-state index contributed by atoms with van der Waals surface area (Å²) in [5.74, 6) is -1.92. The monoisotopic (exact) mass is 492 g/mol. The highest BCUT2D eigenvalue weighted by Crippen LogP contribution is 2.34.